The number of rotatable bonds is 3. The van der Waals surface area contributed by atoms with Crippen LogP contribution in [0.4, 0.5) is 4.79 Å². The predicted octanol–water partition coefficient (Wildman–Crippen LogP) is 0.484. The summed E-state index contributed by atoms with van der Waals surface area (Å²) in [6, 6.07) is 9.38. The largest absolute Gasteiger partial charge is 0.480 e. The second-order valence-corrected chi connectivity index (χ2v) is 2.74. The number of aliphatic carboxylic acids is 1. The zero-order valence-corrected chi connectivity index (χ0v) is 8.59. The third-order valence-electron chi connectivity index (χ3n) is 1.46. The minimum absolute atomic E-state index is 0.278. The van der Waals surface area contributed by atoms with Crippen LogP contribution in [0.2, 0.25) is 0 Å². The molecule has 6 nitrogen and oxygen atoms in total. The van der Waals surface area contributed by atoms with Gasteiger partial charge in [0.25, 0.3) is 0 Å². The van der Waals surface area contributed by atoms with Gasteiger partial charge < -0.3 is 21.3 Å². The standard InChI is InChI=1S/C8H9NO2.C2H5NO2/c10-8(11)9-6-7-4-2-1-3-5-7;3-1-2(4)5/h1-5,9H,6H2,(H,10,11);1,3H2,(H,4,5). The van der Waals surface area contributed by atoms with Gasteiger partial charge in [-0.15, -0.1) is 0 Å². The van der Waals surface area contributed by atoms with Crippen molar-refractivity contribution in [2.45, 2.75) is 6.54 Å². The van der Waals surface area contributed by atoms with Gasteiger partial charge in [0.15, 0.2) is 0 Å². The monoisotopic (exact) mass is 226 g/mol. The minimum atomic E-state index is -0.992. The van der Waals surface area contributed by atoms with E-state index in [0.29, 0.717) is 6.54 Å². The van der Waals surface area contributed by atoms with E-state index in [1.54, 1.807) is 0 Å². The van der Waals surface area contributed by atoms with Crippen molar-refractivity contribution in [3.05, 3.63) is 35.9 Å². The summed E-state index contributed by atoms with van der Waals surface area (Å²) in [7, 11) is 0. The number of carboxylic acids is 1. The Balaban J connectivity index is 0.000000385. The third-order valence-corrected chi connectivity index (χ3v) is 1.46. The van der Waals surface area contributed by atoms with Gasteiger partial charge in [-0.2, -0.15) is 0 Å². The van der Waals surface area contributed by atoms with Crippen LogP contribution in [0.1, 0.15) is 5.56 Å². The molecule has 16 heavy (non-hydrogen) atoms. The normalized spacial score (nSPS) is 8.56. The number of hydrogen-bond acceptors (Lipinski definition) is 3. The highest BCUT2D eigenvalue weighted by Gasteiger charge is 1.93. The van der Waals surface area contributed by atoms with E-state index in [9.17, 15) is 9.59 Å². The highest BCUT2D eigenvalue weighted by molar-refractivity contribution is 5.68. The fourth-order valence-corrected chi connectivity index (χ4v) is 0.774. The molecule has 0 aromatic heterocycles. The molecule has 88 valence electrons. The zero-order chi connectivity index (χ0) is 12.4. The van der Waals surface area contributed by atoms with Gasteiger partial charge in [0.05, 0.1) is 6.54 Å². The minimum Gasteiger partial charge on any atom is -0.480 e. The fourth-order valence-electron chi connectivity index (χ4n) is 0.774. The van der Waals surface area contributed by atoms with Crippen LogP contribution in [0.5, 0.6) is 0 Å². The second kappa shape index (κ2) is 8.25. The molecule has 0 spiro atoms. The van der Waals surface area contributed by atoms with Crippen LogP contribution in [0, 0.1) is 0 Å². The summed E-state index contributed by atoms with van der Waals surface area (Å²) in [5.41, 5.74) is 5.54. The first-order valence-corrected chi connectivity index (χ1v) is 4.49. The highest BCUT2D eigenvalue weighted by Crippen LogP contribution is 1.96. The summed E-state index contributed by atoms with van der Waals surface area (Å²) in [5, 5.41) is 18.1. The van der Waals surface area contributed by atoms with E-state index in [4.69, 9.17) is 10.2 Å². The lowest BCUT2D eigenvalue weighted by atomic mass is 10.2. The Hall–Kier alpha value is -2.08. The topological polar surface area (TPSA) is 113 Å². The molecule has 0 bridgehead atoms. The van der Waals surface area contributed by atoms with Crippen molar-refractivity contribution in [1.29, 1.82) is 0 Å². The van der Waals surface area contributed by atoms with Crippen molar-refractivity contribution < 1.29 is 19.8 Å². The summed E-state index contributed by atoms with van der Waals surface area (Å²) in [4.78, 5) is 19.3. The van der Waals surface area contributed by atoms with Gasteiger partial charge in [0.2, 0.25) is 0 Å². The van der Waals surface area contributed by atoms with Gasteiger partial charge in [-0.1, -0.05) is 30.3 Å². The third kappa shape index (κ3) is 8.52. The summed E-state index contributed by atoms with van der Waals surface area (Å²) in [6.07, 6.45) is -0.992. The van der Waals surface area contributed by atoms with Crippen LogP contribution in [0.3, 0.4) is 0 Å². The number of benzene rings is 1. The lowest BCUT2D eigenvalue weighted by molar-refractivity contribution is -0.135. The molecule has 0 atom stereocenters. The number of nitrogens with one attached hydrogen (secondary N) is 1. The quantitative estimate of drug-likeness (QED) is 0.599. The molecule has 0 fully saturated rings. The molecule has 0 unspecified atom stereocenters. The Morgan fingerprint density at radius 1 is 1.19 bits per heavy atom. The summed E-state index contributed by atoms with van der Waals surface area (Å²) >= 11 is 0. The number of hydrogen-bond donors (Lipinski definition) is 4. The molecule has 1 aromatic rings. The van der Waals surface area contributed by atoms with E-state index in [1.165, 1.54) is 0 Å². The maximum Gasteiger partial charge on any atom is 0.404 e. The molecule has 1 amide bonds. The van der Waals surface area contributed by atoms with Gasteiger partial charge >= 0.3 is 12.1 Å². The van der Waals surface area contributed by atoms with E-state index in [-0.39, 0.29) is 6.54 Å². The van der Waals surface area contributed by atoms with Gasteiger partial charge in [-0.05, 0) is 5.56 Å². The van der Waals surface area contributed by atoms with Crippen molar-refractivity contribution in [2.24, 2.45) is 5.73 Å². The maximum absolute atomic E-state index is 10.1. The molecular weight excluding hydrogens is 212 g/mol. The summed E-state index contributed by atoms with van der Waals surface area (Å²) in [5.74, 6) is -0.968. The van der Waals surface area contributed by atoms with Crippen LogP contribution in [0.15, 0.2) is 30.3 Å². The Morgan fingerprint density at radius 3 is 2.06 bits per heavy atom. The van der Waals surface area contributed by atoms with E-state index >= 15 is 0 Å². The molecule has 1 rings (SSSR count). The van der Waals surface area contributed by atoms with E-state index in [2.05, 4.69) is 11.1 Å². The van der Waals surface area contributed by atoms with Crippen LogP contribution >= 0.6 is 0 Å². The van der Waals surface area contributed by atoms with Crippen LogP contribution in [0.25, 0.3) is 0 Å². The Labute approximate surface area is 92.7 Å². The number of carboxylic acid groups (broad SMARTS) is 2. The first-order valence-electron chi connectivity index (χ1n) is 4.49. The molecule has 0 saturated heterocycles. The van der Waals surface area contributed by atoms with Crippen molar-refractivity contribution in [2.75, 3.05) is 6.54 Å². The average molecular weight is 226 g/mol. The van der Waals surface area contributed by atoms with Crippen LogP contribution in [-0.2, 0) is 11.3 Å². The molecule has 0 saturated carbocycles. The van der Waals surface area contributed by atoms with Crippen molar-refractivity contribution in [3.63, 3.8) is 0 Å². The highest BCUT2D eigenvalue weighted by atomic mass is 16.4. The lowest BCUT2D eigenvalue weighted by Crippen LogP contribution is -2.19. The molecule has 0 aliphatic rings. The molecule has 5 N–H and O–H groups in total. The SMILES string of the molecule is NCC(=O)O.O=C(O)NCc1ccccc1. The number of amides is 1. The molecule has 0 heterocycles. The molecular formula is C10H14N2O4. The number of carbonyl (C=O) groups is 2. The fraction of sp³-hybridized carbons (Fsp3) is 0.200. The molecule has 0 radical (unpaired) electrons. The second-order valence-electron chi connectivity index (χ2n) is 2.74. The molecule has 1 aromatic carbocycles. The Bertz CT molecular complexity index is 327. The van der Waals surface area contributed by atoms with E-state index in [1.807, 2.05) is 30.3 Å². The summed E-state index contributed by atoms with van der Waals surface area (Å²) in [6.45, 7) is 0.0934. The summed E-state index contributed by atoms with van der Waals surface area (Å²) < 4.78 is 0. The molecule has 0 aliphatic carbocycles. The maximum atomic E-state index is 10.1. The number of nitrogens with two attached hydrogens (primary N) is 1. The van der Waals surface area contributed by atoms with Gasteiger partial charge in [-0.25, -0.2) is 4.79 Å². The van der Waals surface area contributed by atoms with Crippen LogP contribution in [-0.4, -0.2) is 28.8 Å². The molecule has 0 aliphatic heterocycles. The average Bonchev–Trinajstić information content (AvgIpc) is 2.28. The van der Waals surface area contributed by atoms with Gasteiger partial charge in [0, 0.05) is 6.54 Å². The van der Waals surface area contributed by atoms with E-state index < -0.39 is 12.1 Å². The predicted molar refractivity (Wildman–Crippen MR) is 58.0 cm³/mol. The van der Waals surface area contributed by atoms with Gasteiger partial charge in [0.1, 0.15) is 0 Å². The Kier molecular flexibility index (Phi) is 7.17. The van der Waals surface area contributed by atoms with E-state index in [0.717, 1.165) is 5.56 Å². The zero-order valence-electron chi connectivity index (χ0n) is 8.59. The first-order chi connectivity index (χ1) is 7.56. The Morgan fingerprint density at radius 2 is 1.69 bits per heavy atom. The van der Waals surface area contributed by atoms with Crippen molar-refractivity contribution >= 4 is 12.1 Å². The first kappa shape index (κ1) is 13.9. The van der Waals surface area contributed by atoms with Crippen molar-refractivity contribution in [1.82, 2.24) is 5.32 Å². The molecule has 6 heteroatoms. The lowest BCUT2D eigenvalue weighted by Gasteiger charge is -1.98. The smallest absolute Gasteiger partial charge is 0.404 e. The van der Waals surface area contributed by atoms with Crippen molar-refractivity contribution in [3.8, 4) is 0 Å². The van der Waals surface area contributed by atoms with Crippen LogP contribution < -0.4 is 11.1 Å². The van der Waals surface area contributed by atoms with Gasteiger partial charge in [-0.3, -0.25) is 4.79 Å².